The van der Waals surface area contributed by atoms with Crippen LogP contribution in [0.1, 0.15) is 12.5 Å². The van der Waals surface area contributed by atoms with E-state index in [0.717, 1.165) is 6.54 Å². The van der Waals surface area contributed by atoms with Gasteiger partial charge in [0.05, 0.1) is 24.8 Å². The first kappa shape index (κ1) is 15.9. The van der Waals surface area contributed by atoms with Crippen LogP contribution in [0.2, 0.25) is 0 Å². The summed E-state index contributed by atoms with van der Waals surface area (Å²) in [5.41, 5.74) is -0.508. The van der Waals surface area contributed by atoms with E-state index in [0.29, 0.717) is 17.9 Å². The molecule has 2 N–H and O–H groups in total. The molecule has 0 aromatic heterocycles. The Morgan fingerprint density at radius 1 is 1.42 bits per heavy atom. The molecule has 0 spiro atoms. The van der Waals surface area contributed by atoms with Crippen molar-refractivity contribution in [3.8, 4) is 5.75 Å². The van der Waals surface area contributed by atoms with Crippen LogP contribution < -0.4 is 10.1 Å². The van der Waals surface area contributed by atoms with Crippen LogP contribution in [0.15, 0.2) is 18.2 Å². The van der Waals surface area contributed by atoms with E-state index in [1.54, 1.807) is 19.1 Å². The number of rotatable bonds is 7. The van der Waals surface area contributed by atoms with Crippen molar-refractivity contribution in [3.05, 3.63) is 29.6 Å². The number of likely N-dealkylation sites (N-methyl/N-ethyl adjacent to an activating group) is 1. The standard InChI is InChI=1S/C14H23FN2O2/c1-14(10-18,16-8-9-17(2)3)13-11(15)6-5-7-12(13)19-4/h5-7,16,18H,8-10H2,1-4H3. The van der Waals surface area contributed by atoms with Crippen LogP contribution in [0, 0.1) is 5.82 Å². The third kappa shape index (κ3) is 3.89. The molecule has 0 aliphatic heterocycles. The van der Waals surface area contributed by atoms with E-state index < -0.39 is 5.54 Å². The maximum Gasteiger partial charge on any atom is 0.132 e. The van der Waals surface area contributed by atoms with Crippen LogP contribution in [0.25, 0.3) is 0 Å². The number of benzene rings is 1. The van der Waals surface area contributed by atoms with Crippen LogP contribution in [0.5, 0.6) is 5.75 Å². The largest absolute Gasteiger partial charge is 0.496 e. The van der Waals surface area contributed by atoms with Gasteiger partial charge in [0.15, 0.2) is 0 Å². The average Bonchev–Trinajstić information content (AvgIpc) is 2.37. The van der Waals surface area contributed by atoms with E-state index in [9.17, 15) is 9.50 Å². The molecular weight excluding hydrogens is 247 g/mol. The second kappa shape index (κ2) is 6.84. The molecule has 0 fully saturated rings. The minimum Gasteiger partial charge on any atom is -0.496 e. The SMILES string of the molecule is COc1cccc(F)c1C(C)(CO)NCCN(C)C. The van der Waals surface area contributed by atoms with Crippen LogP contribution >= 0.6 is 0 Å². The molecule has 108 valence electrons. The number of hydrogen-bond donors (Lipinski definition) is 2. The second-order valence-electron chi connectivity index (χ2n) is 5.04. The van der Waals surface area contributed by atoms with Crippen molar-refractivity contribution in [2.45, 2.75) is 12.5 Å². The summed E-state index contributed by atoms with van der Waals surface area (Å²) in [6.07, 6.45) is 0. The normalized spacial score (nSPS) is 14.5. The van der Waals surface area contributed by atoms with Crippen molar-refractivity contribution in [1.29, 1.82) is 0 Å². The van der Waals surface area contributed by atoms with Gasteiger partial charge in [0.25, 0.3) is 0 Å². The average molecular weight is 270 g/mol. The predicted octanol–water partition coefficient (Wildman–Crippen LogP) is 1.19. The van der Waals surface area contributed by atoms with Gasteiger partial charge in [-0.3, -0.25) is 0 Å². The summed E-state index contributed by atoms with van der Waals surface area (Å²) in [7, 11) is 5.42. The van der Waals surface area contributed by atoms with Crippen LogP contribution in [-0.4, -0.2) is 50.9 Å². The predicted molar refractivity (Wildman–Crippen MR) is 73.9 cm³/mol. The van der Waals surface area contributed by atoms with Gasteiger partial charge in [0, 0.05) is 13.1 Å². The molecule has 1 aromatic carbocycles. The molecule has 1 rings (SSSR count). The number of aliphatic hydroxyl groups excluding tert-OH is 1. The summed E-state index contributed by atoms with van der Waals surface area (Å²) in [4.78, 5) is 2.02. The molecule has 4 nitrogen and oxygen atoms in total. The summed E-state index contributed by atoms with van der Waals surface area (Å²) in [5, 5.41) is 12.8. The topological polar surface area (TPSA) is 44.7 Å². The minimum atomic E-state index is -0.868. The van der Waals surface area contributed by atoms with Crippen molar-refractivity contribution < 1.29 is 14.2 Å². The van der Waals surface area contributed by atoms with E-state index in [2.05, 4.69) is 5.32 Å². The van der Waals surface area contributed by atoms with Crippen molar-refractivity contribution in [1.82, 2.24) is 10.2 Å². The molecule has 0 bridgehead atoms. The molecule has 0 aliphatic carbocycles. The highest BCUT2D eigenvalue weighted by molar-refractivity contribution is 5.40. The monoisotopic (exact) mass is 270 g/mol. The van der Waals surface area contributed by atoms with E-state index in [-0.39, 0.29) is 12.4 Å². The van der Waals surface area contributed by atoms with E-state index in [4.69, 9.17) is 4.74 Å². The maximum atomic E-state index is 14.1. The van der Waals surface area contributed by atoms with E-state index >= 15 is 0 Å². The number of methoxy groups -OCH3 is 1. The first-order valence-corrected chi connectivity index (χ1v) is 6.28. The van der Waals surface area contributed by atoms with Gasteiger partial charge in [-0.05, 0) is 33.2 Å². The van der Waals surface area contributed by atoms with Gasteiger partial charge in [0.2, 0.25) is 0 Å². The summed E-state index contributed by atoms with van der Waals surface area (Å²) < 4.78 is 19.3. The van der Waals surface area contributed by atoms with Crippen LogP contribution in [-0.2, 0) is 5.54 Å². The third-order valence-electron chi connectivity index (χ3n) is 3.14. The van der Waals surface area contributed by atoms with Gasteiger partial charge in [-0.2, -0.15) is 0 Å². The molecule has 0 amide bonds. The van der Waals surface area contributed by atoms with Crippen LogP contribution in [0.4, 0.5) is 4.39 Å². The minimum absolute atomic E-state index is 0.211. The summed E-state index contributed by atoms with van der Waals surface area (Å²) in [6, 6.07) is 4.66. The fourth-order valence-electron chi connectivity index (χ4n) is 1.99. The lowest BCUT2D eigenvalue weighted by Crippen LogP contribution is -2.46. The Bertz CT molecular complexity index is 412. The Kier molecular flexibility index (Phi) is 5.72. The van der Waals surface area contributed by atoms with E-state index in [1.165, 1.54) is 13.2 Å². The van der Waals surface area contributed by atoms with Crippen molar-refractivity contribution >= 4 is 0 Å². The Morgan fingerprint density at radius 2 is 2.11 bits per heavy atom. The lowest BCUT2D eigenvalue weighted by Gasteiger charge is -2.31. The van der Waals surface area contributed by atoms with Crippen molar-refractivity contribution in [3.63, 3.8) is 0 Å². The molecule has 5 heteroatoms. The number of nitrogens with one attached hydrogen (secondary N) is 1. The second-order valence-corrected chi connectivity index (χ2v) is 5.04. The summed E-state index contributed by atoms with van der Waals surface area (Å²) >= 11 is 0. The lowest BCUT2D eigenvalue weighted by atomic mass is 9.91. The molecular formula is C14H23FN2O2. The number of halogens is 1. The van der Waals surface area contributed by atoms with Gasteiger partial charge in [-0.1, -0.05) is 6.07 Å². The zero-order valence-electron chi connectivity index (χ0n) is 12.0. The molecule has 0 heterocycles. The third-order valence-corrected chi connectivity index (χ3v) is 3.14. The molecule has 0 aliphatic rings. The molecule has 0 saturated carbocycles. The van der Waals surface area contributed by atoms with Crippen molar-refractivity contribution in [2.75, 3.05) is 40.9 Å². The fourth-order valence-corrected chi connectivity index (χ4v) is 1.99. The highest BCUT2D eigenvalue weighted by atomic mass is 19.1. The maximum absolute atomic E-state index is 14.1. The smallest absolute Gasteiger partial charge is 0.132 e. The first-order chi connectivity index (χ1) is 8.94. The Morgan fingerprint density at radius 3 is 2.63 bits per heavy atom. The molecule has 1 unspecified atom stereocenters. The fraction of sp³-hybridized carbons (Fsp3) is 0.571. The number of nitrogens with zero attached hydrogens (tertiary/aromatic N) is 1. The first-order valence-electron chi connectivity index (χ1n) is 6.28. The summed E-state index contributed by atoms with van der Waals surface area (Å²) in [6.45, 7) is 3.00. The summed E-state index contributed by atoms with van der Waals surface area (Å²) in [5.74, 6) is 0.0576. The van der Waals surface area contributed by atoms with Crippen LogP contribution in [0.3, 0.4) is 0 Å². The molecule has 0 saturated heterocycles. The Hall–Kier alpha value is -1.17. The molecule has 19 heavy (non-hydrogen) atoms. The molecule has 1 aromatic rings. The zero-order valence-corrected chi connectivity index (χ0v) is 12.0. The van der Waals surface area contributed by atoms with E-state index in [1.807, 2.05) is 19.0 Å². The lowest BCUT2D eigenvalue weighted by molar-refractivity contribution is 0.164. The number of aliphatic hydroxyl groups is 1. The zero-order chi connectivity index (χ0) is 14.5. The quantitative estimate of drug-likeness (QED) is 0.781. The Balaban J connectivity index is 3.00. The van der Waals surface area contributed by atoms with Gasteiger partial charge in [0.1, 0.15) is 11.6 Å². The highest BCUT2D eigenvalue weighted by Crippen LogP contribution is 2.31. The molecule has 1 atom stereocenters. The van der Waals surface area contributed by atoms with Gasteiger partial charge in [-0.25, -0.2) is 4.39 Å². The highest BCUT2D eigenvalue weighted by Gasteiger charge is 2.31. The number of ether oxygens (including phenoxy) is 1. The number of hydrogen-bond acceptors (Lipinski definition) is 4. The van der Waals surface area contributed by atoms with Gasteiger partial charge < -0.3 is 20.1 Å². The van der Waals surface area contributed by atoms with Crippen molar-refractivity contribution in [2.24, 2.45) is 0 Å². The molecule has 0 radical (unpaired) electrons. The Labute approximate surface area is 114 Å². The van der Waals surface area contributed by atoms with Gasteiger partial charge >= 0.3 is 0 Å². The van der Waals surface area contributed by atoms with Gasteiger partial charge in [-0.15, -0.1) is 0 Å².